The van der Waals surface area contributed by atoms with Crippen molar-refractivity contribution in [1.29, 1.82) is 0 Å². The van der Waals surface area contributed by atoms with Gasteiger partial charge in [-0.15, -0.1) is 0 Å². The molecule has 3 nitrogen and oxygen atoms in total. The van der Waals surface area contributed by atoms with E-state index in [9.17, 15) is 4.79 Å². The van der Waals surface area contributed by atoms with Crippen molar-refractivity contribution in [2.24, 2.45) is 0 Å². The molecule has 56 valence electrons. The second-order valence-electron chi connectivity index (χ2n) is 1.85. The standard InChI is InChI=1S/C7H10O3/c1-3-9-6-5(8)7(6)10-4-2/h3-4H2,1-2H3. The smallest absolute Gasteiger partial charge is 0.270 e. The molecule has 0 fully saturated rings. The van der Waals surface area contributed by atoms with E-state index in [2.05, 4.69) is 0 Å². The molecule has 0 bridgehead atoms. The second-order valence-corrected chi connectivity index (χ2v) is 1.85. The molecule has 0 saturated carbocycles. The summed E-state index contributed by atoms with van der Waals surface area (Å²) in [7, 11) is 0. The van der Waals surface area contributed by atoms with Crippen LogP contribution in [-0.4, -0.2) is 13.2 Å². The maximum Gasteiger partial charge on any atom is 0.270 e. The normalized spacial score (nSPS) is 10.2. The molecule has 0 aromatic heterocycles. The Labute approximate surface area is 59.2 Å². The fraction of sp³-hybridized carbons (Fsp3) is 0.571. The molecule has 1 aromatic carbocycles. The van der Waals surface area contributed by atoms with Crippen LogP contribution in [0.15, 0.2) is 4.79 Å². The van der Waals surface area contributed by atoms with E-state index in [1.54, 1.807) is 0 Å². The lowest BCUT2D eigenvalue weighted by atomic mass is 10.8. The molecule has 0 aliphatic heterocycles. The van der Waals surface area contributed by atoms with Crippen LogP contribution in [0, 0.1) is 0 Å². The van der Waals surface area contributed by atoms with Crippen LogP contribution in [0.25, 0.3) is 0 Å². The Morgan fingerprint density at radius 3 is 1.80 bits per heavy atom. The van der Waals surface area contributed by atoms with E-state index in [0.29, 0.717) is 24.7 Å². The third-order valence-electron chi connectivity index (χ3n) is 1.13. The van der Waals surface area contributed by atoms with Gasteiger partial charge in [-0.3, -0.25) is 4.79 Å². The lowest BCUT2D eigenvalue weighted by Crippen LogP contribution is -1.88. The number of hydrogen-bond acceptors (Lipinski definition) is 3. The molecule has 0 aliphatic carbocycles. The summed E-state index contributed by atoms with van der Waals surface area (Å²) in [6.07, 6.45) is 0. The molecule has 0 saturated heterocycles. The summed E-state index contributed by atoms with van der Waals surface area (Å²) in [5.74, 6) is 0.814. The zero-order valence-corrected chi connectivity index (χ0v) is 6.14. The summed E-state index contributed by atoms with van der Waals surface area (Å²) in [5.41, 5.74) is -0.0799. The van der Waals surface area contributed by atoms with Gasteiger partial charge >= 0.3 is 0 Å². The predicted octanol–water partition coefficient (Wildman–Crippen LogP) is 0.720. The van der Waals surface area contributed by atoms with Crippen molar-refractivity contribution in [3.05, 3.63) is 10.2 Å². The average molecular weight is 142 g/mol. The van der Waals surface area contributed by atoms with Gasteiger partial charge in [0, 0.05) is 0 Å². The van der Waals surface area contributed by atoms with Gasteiger partial charge in [-0.25, -0.2) is 0 Å². The monoisotopic (exact) mass is 142 g/mol. The molecule has 10 heavy (non-hydrogen) atoms. The SMILES string of the molecule is CCOc1c(OCC)c1=O. The zero-order chi connectivity index (χ0) is 7.56. The molecule has 0 spiro atoms. The van der Waals surface area contributed by atoms with Gasteiger partial charge in [0.05, 0.1) is 13.2 Å². The minimum atomic E-state index is -0.0799. The Bertz CT molecular complexity index is 199. The predicted molar refractivity (Wildman–Crippen MR) is 37.4 cm³/mol. The third kappa shape index (κ3) is 1.12. The first-order chi connectivity index (χ1) is 4.81. The summed E-state index contributed by atoms with van der Waals surface area (Å²) in [5, 5.41) is 0. The average Bonchev–Trinajstić information content (AvgIpc) is 2.48. The maximum atomic E-state index is 10.7. The molecule has 0 amide bonds. The van der Waals surface area contributed by atoms with Crippen molar-refractivity contribution in [2.75, 3.05) is 13.2 Å². The highest BCUT2D eigenvalue weighted by atomic mass is 16.5. The molecular formula is C7H10O3. The van der Waals surface area contributed by atoms with E-state index in [1.807, 2.05) is 13.8 Å². The van der Waals surface area contributed by atoms with Crippen LogP contribution >= 0.6 is 0 Å². The highest BCUT2D eigenvalue weighted by Crippen LogP contribution is 2.28. The van der Waals surface area contributed by atoms with E-state index in [4.69, 9.17) is 9.47 Å². The van der Waals surface area contributed by atoms with Gasteiger partial charge in [0.2, 0.25) is 11.5 Å². The van der Waals surface area contributed by atoms with Gasteiger partial charge in [0.15, 0.2) is 0 Å². The first kappa shape index (κ1) is 7.12. The Morgan fingerprint density at radius 1 is 1.10 bits per heavy atom. The second kappa shape index (κ2) is 2.73. The molecule has 0 radical (unpaired) electrons. The Balaban J connectivity index is 2.44. The van der Waals surface area contributed by atoms with E-state index in [-0.39, 0.29) is 5.43 Å². The highest BCUT2D eigenvalue weighted by molar-refractivity contribution is 5.53. The van der Waals surface area contributed by atoms with E-state index in [1.165, 1.54) is 0 Å². The van der Waals surface area contributed by atoms with Crippen molar-refractivity contribution >= 4 is 0 Å². The van der Waals surface area contributed by atoms with Crippen LogP contribution in [0.2, 0.25) is 0 Å². The first-order valence-corrected chi connectivity index (χ1v) is 3.35. The Morgan fingerprint density at radius 2 is 1.50 bits per heavy atom. The van der Waals surface area contributed by atoms with Crippen LogP contribution in [0.5, 0.6) is 11.5 Å². The molecule has 1 aromatic rings. The van der Waals surface area contributed by atoms with Crippen molar-refractivity contribution in [3.8, 4) is 11.5 Å². The van der Waals surface area contributed by atoms with Crippen LogP contribution in [0.1, 0.15) is 13.8 Å². The van der Waals surface area contributed by atoms with Crippen LogP contribution < -0.4 is 14.9 Å². The summed E-state index contributed by atoms with van der Waals surface area (Å²) < 4.78 is 9.87. The summed E-state index contributed by atoms with van der Waals surface area (Å²) in [6.45, 7) is 4.72. The summed E-state index contributed by atoms with van der Waals surface area (Å²) >= 11 is 0. The highest BCUT2D eigenvalue weighted by Gasteiger charge is 2.25. The molecule has 0 unspecified atom stereocenters. The van der Waals surface area contributed by atoms with Crippen molar-refractivity contribution in [2.45, 2.75) is 13.8 Å². The van der Waals surface area contributed by atoms with Crippen molar-refractivity contribution in [3.63, 3.8) is 0 Å². The van der Waals surface area contributed by atoms with Crippen molar-refractivity contribution < 1.29 is 9.47 Å². The number of ether oxygens (including phenoxy) is 2. The van der Waals surface area contributed by atoms with Gasteiger partial charge in [-0.1, -0.05) is 0 Å². The fourth-order valence-electron chi connectivity index (χ4n) is 0.690. The van der Waals surface area contributed by atoms with Gasteiger partial charge in [-0.05, 0) is 13.8 Å². The van der Waals surface area contributed by atoms with E-state index < -0.39 is 0 Å². The topological polar surface area (TPSA) is 35.5 Å². The summed E-state index contributed by atoms with van der Waals surface area (Å²) in [4.78, 5) is 10.7. The molecule has 0 N–H and O–H groups in total. The van der Waals surface area contributed by atoms with Gasteiger partial charge < -0.3 is 9.47 Å². The lowest BCUT2D eigenvalue weighted by Gasteiger charge is -1.92. The molecule has 3 heteroatoms. The lowest BCUT2D eigenvalue weighted by molar-refractivity contribution is 0.312. The first-order valence-electron chi connectivity index (χ1n) is 3.35. The van der Waals surface area contributed by atoms with Crippen molar-refractivity contribution in [1.82, 2.24) is 0 Å². The quantitative estimate of drug-likeness (QED) is 0.621. The zero-order valence-electron chi connectivity index (χ0n) is 6.14. The largest absolute Gasteiger partial charge is 0.486 e. The van der Waals surface area contributed by atoms with Crippen LogP contribution in [0.4, 0.5) is 0 Å². The molecule has 1 rings (SSSR count). The number of rotatable bonds is 4. The Hall–Kier alpha value is -0.990. The minimum absolute atomic E-state index is 0.0799. The molecule has 0 aliphatic rings. The van der Waals surface area contributed by atoms with Gasteiger partial charge in [-0.2, -0.15) is 0 Å². The van der Waals surface area contributed by atoms with Gasteiger partial charge in [0.25, 0.3) is 5.43 Å². The fourth-order valence-corrected chi connectivity index (χ4v) is 0.690. The summed E-state index contributed by atoms with van der Waals surface area (Å²) in [6, 6.07) is 0. The van der Waals surface area contributed by atoms with Crippen LogP contribution in [-0.2, 0) is 0 Å². The maximum absolute atomic E-state index is 10.7. The molecule has 0 heterocycles. The van der Waals surface area contributed by atoms with Gasteiger partial charge in [0.1, 0.15) is 0 Å². The Kier molecular flexibility index (Phi) is 1.94. The minimum Gasteiger partial charge on any atom is -0.486 e. The van der Waals surface area contributed by atoms with E-state index >= 15 is 0 Å². The van der Waals surface area contributed by atoms with Crippen LogP contribution in [0.3, 0.4) is 0 Å². The number of hydrogen-bond donors (Lipinski definition) is 0. The third-order valence-corrected chi connectivity index (χ3v) is 1.13. The molecular weight excluding hydrogens is 132 g/mol. The van der Waals surface area contributed by atoms with E-state index in [0.717, 1.165) is 0 Å². The molecule has 0 atom stereocenters.